The molecule has 1 saturated heterocycles. The lowest BCUT2D eigenvalue weighted by atomic mass is 9.90. The molecule has 0 aromatic heterocycles. The maximum absolute atomic E-state index is 12.9. The van der Waals surface area contributed by atoms with E-state index in [1.165, 1.54) is 0 Å². The Kier molecular flexibility index (Phi) is 10.8. The largest absolute Gasteiger partial charge is 0.489 e. The predicted molar refractivity (Wildman–Crippen MR) is 170 cm³/mol. The van der Waals surface area contributed by atoms with Crippen molar-refractivity contribution in [3.63, 3.8) is 0 Å². The van der Waals surface area contributed by atoms with Crippen molar-refractivity contribution in [3.8, 4) is 16.9 Å². The molecule has 0 aliphatic carbocycles. The number of carbonyl (C=O) groups excluding carboxylic acids is 2. The quantitative estimate of drug-likeness (QED) is 0.125. The zero-order valence-electron chi connectivity index (χ0n) is 24.9. The first-order valence-corrected chi connectivity index (χ1v) is 15.4. The van der Waals surface area contributed by atoms with E-state index in [1.807, 2.05) is 108 Å². The second-order valence-electron chi connectivity index (χ2n) is 11.4. The SMILES string of the molecule is O=C(NO)C(CCc1cccc(C(=O)N2CCCCC2)c1)CC(O)c1ccc(-c2ccc(OCc3ccccc3)cc2)cc1. The molecular weight excluding hydrogens is 552 g/mol. The molecule has 1 aliphatic heterocycles. The first kappa shape index (κ1) is 31.0. The van der Waals surface area contributed by atoms with E-state index in [0.29, 0.717) is 30.6 Å². The van der Waals surface area contributed by atoms with Gasteiger partial charge in [0.05, 0.1) is 6.10 Å². The molecule has 0 saturated carbocycles. The van der Waals surface area contributed by atoms with Gasteiger partial charge in [-0.25, -0.2) is 5.48 Å². The molecule has 7 heteroatoms. The Bertz CT molecular complexity index is 1500. The van der Waals surface area contributed by atoms with E-state index < -0.39 is 17.9 Å². The number of ether oxygens (including phenoxy) is 1. The van der Waals surface area contributed by atoms with Crippen molar-refractivity contribution < 1.29 is 24.6 Å². The highest BCUT2D eigenvalue weighted by molar-refractivity contribution is 5.94. The highest BCUT2D eigenvalue weighted by Crippen LogP contribution is 2.28. The number of piperidine rings is 1. The summed E-state index contributed by atoms with van der Waals surface area (Å²) in [6, 6.07) is 33.1. The summed E-state index contributed by atoms with van der Waals surface area (Å²) in [6.07, 6.45) is 3.46. The molecule has 44 heavy (non-hydrogen) atoms. The molecular formula is C37H40N2O5. The molecule has 0 spiro atoms. The Hall–Kier alpha value is -4.46. The van der Waals surface area contributed by atoms with Gasteiger partial charge in [-0.3, -0.25) is 14.8 Å². The van der Waals surface area contributed by atoms with Gasteiger partial charge in [-0.1, -0.05) is 78.9 Å². The van der Waals surface area contributed by atoms with Gasteiger partial charge in [0.2, 0.25) is 5.91 Å². The summed E-state index contributed by atoms with van der Waals surface area (Å²) in [6.45, 7) is 2.08. The van der Waals surface area contributed by atoms with Crippen LogP contribution in [0.2, 0.25) is 0 Å². The highest BCUT2D eigenvalue weighted by Gasteiger charge is 2.23. The number of carbonyl (C=O) groups is 2. The van der Waals surface area contributed by atoms with Crippen LogP contribution in [0.25, 0.3) is 11.1 Å². The Morgan fingerprint density at radius 1 is 0.795 bits per heavy atom. The van der Waals surface area contributed by atoms with Crippen LogP contribution in [0.5, 0.6) is 5.75 Å². The first-order chi connectivity index (χ1) is 21.5. The van der Waals surface area contributed by atoms with E-state index in [0.717, 1.165) is 60.4 Å². The molecule has 3 N–H and O–H groups in total. The number of rotatable bonds is 12. The van der Waals surface area contributed by atoms with Gasteiger partial charge in [0.25, 0.3) is 5.91 Å². The topological polar surface area (TPSA) is 99.1 Å². The van der Waals surface area contributed by atoms with Crippen LogP contribution in [0.4, 0.5) is 0 Å². The van der Waals surface area contributed by atoms with Crippen LogP contribution in [0.1, 0.15) is 65.3 Å². The average Bonchev–Trinajstić information content (AvgIpc) is 3.09. The fourth-order valence-corrected chi connectivity index (χ4v) is 5.72. The number of benzene rings is 4. The minimum Gasteiger partial charge on any atom is -0.489 e. The summed E-state index contributed by atoms with van der Waals surface area (Å²) < 4.78 is 5.89. The lowest BCUT2D eigenvalue weighted by Gasteiger charge is -2.27. The number of aliphatic hydroxyl groups excluding tert-OH is 1. The molecule has 4 aromatic rings. The summed E-state index contributed by atoms with van der Waals surface area (Å²) in [5.74, 6) is -0.309. The van der Waals surface area contributed by atoms with Crippen molar-refractivity contribution in [2.24, 2.45) is 5.92 Å². The molecule has 2 amide bonds. The Morgan fingerprint density at radius 2 is 1.45 bits per heavy atom. The van der Waals surface area contributed by atoms with Gasteiger partial charge in [-0.15, -0.1) is 0 Å². The molecule has 0 radical (unpaired) electrons. The van der Waals surface area contributed by atoms with Crippen LogP contribution >= 0.6 is 0 Å². The van der Waals surface area contributed by atoms with E-state index in [9.17, 15) is 19.9 Å². The van der Waals surface area contributed by atoms with Crippen molar-refractivity contribution in [2.75, 3.05) is 13.1 Å². The van der Waals surface area contributed by atoms with E-state index in [1.54, 1.807) is 5.48 Å². The maximum Gasteiger partial charge on any atom is 0.253 e. The minimum absolute atomic E-state index is 0.0439. The average molecular weight is 593 g/mol. The maximum atomic E-state index is 12.9. The lowest BCUT2D eigenvalue weighted by molar-refractivity contribution is -0.134. The molecule has 7 nitrogen and oxygen atoms in total. The number of nitrogens with one attached hydrogen (secondary N) is 1. The van der Waals surface area contributed by atoms with Crippen LogP contribution in [0.15, 0.2) is 103 Å². The summed E-state index contributed by atoms with van der Waals surface area (Å²) in [4.78, 5) is 27.4. The number of nitrogens with zero attached hydrogens (tertiary/aromatic N) is 1. The highest BCUT2D eigenvalue weighted by atomic mass is 16.5. The summed E-state index contributed by atoms with van der Waals surface area (Å²) >= 11 is 0. The monoisotopic (exact) mass is 592 g/mol. The van der Waals surface area contributed by atoms with Gasteiger partial charge in [0.1, 0.15) is 12.4 Å². The van der Waals surface area contributed by atoms with E-state index in [4.69, 9.17) is 4.74 Å². The van der Waals surface area contributed by atoms with Crippen LogP contribution < -0.4 is 10.2 Å². The third-order valence-electron chi connectivity index (χ3n) is 8.32. The van der Waals surface area contributed by atoms with Gasteiger partial charge in [-0.05, 0) is 90.6 Å². The Labute approximate surface area is 259 Å². The van der Waals surface area contributed by atoms with Gasteiger partial charge in [0, 0.05) is 24.6 Å². The van der Waals surface area contributed by atoms with Crippen molar-refractivity contribution >= 4 is 11.8 Å². The molecule has 2 atom stereocenters. The Morgan fingerprint density at radius 3 is 2.14 bits per heavy atom. The number of aryl methyl sites for hydroxylation is 1. The lowest BCUT2D eigenvalue weighted by Crippen LogP contribution is -2.35. The fraction of sp³-hybridized carbons (Fsp3) is 0.297. The number of hydrogen-bond donors (Lipinski definition) is 3. The smallest absolute Gasteiger partial charge is 0.253 e. The van der Waals surface area contributed by atoms with Gasteiger partial charge in [-0.2, -0.15) is 0 Å². The predicted octanol–water partition coefficient (Wildman–Crippen LogP) is 6.74. The normalized spacial score (nSPS) is 14.5. The number of likely N-dealkylation sites (tertiary alicyclic amines) is 1. The van der Waals surface area contributed by atoms with E-state index in [-0.39, 0.29) is 12.3 Å². The summed E-state index contributed by atoms with van der Waals surface area (Å²) in [5.41, 5.74) is 7.19. The second kappa shape index (κ2) is 15.3. The van der Waals surface area contributed by atoms with Crippen molar-refractivity contribution in [1.29, 1.82) is 0 Å². The third-order valence-corrected chi connectivity index (χ3v) is 8.32. The minimum atomic E-state index is -0.882. The van der Waals surface area contributed by atoms with Crippen molar-refractivity contribution in [1.82, 2.24) is 10.4 Å². The zero-order valence-corrected chi connectivity index (χ0v) is 24.9. The number of amides is 2. The molecule has 1 aliphatic rings. The molecule has 0 bridgehead atoms. The van der Waals surface area contributed by atoms with Crippen molar-refractivity contribution in [3.05, 3.63) is 125 Å². The Balaban J connectivity index is 1.17. The molecule has 4 aromatic carbocycles. The second-order valence-corrected chi connectivity index (χ2v) is 11.4. The van der Waals surface area contributed by atoms with Gasteiger partial charge in [0.15, 0.2) is 0 Å². The van der Waals surface area contributed by atoms with Crippen LogP contribution in [0.3, 0.4) is 0 Å². The molecule has 2 unspecified atom stereocenters. The molecule has 1 heterocycles. The standard InChI is InChI=1S/C37H40N2O5/c40-35(31-16-14-29(15-17-31)30-18-20-34(21-19-30)44-26-28-8-3-1-4-9-28)25-32(36(41)38-43)13-12-27-10-7-11-33(24-27)37(42)39-22-5-2-6-23-39/h1,3-4,7-11,14-21,24,32,35,40,43H,2,5-6,12-13,22-23,25-26H2,(H,38,41). The number of aliphatic hydroxyl groups is 1. The van der Waals surface area contributed by atoms with Gasteiger partial charge >= 0.3 is 0 Å². The van der Waals surface area contributed by atoms with Crippen molar-refractivity contribution in [2.45, 2.75) is 51.2 Å². The first-order valence-electron chi connectivity index (χ1n) is 15.4. The fourth-order valence-electron chi connectivity index (χ4n) is 5.72. The third kappa shape index (κ3) is 8.34. The molecule has 1 fully saturated rings. The number of hydrogen-bond acceptors (Lipinski definition) is 5. The van der Waals surface area contributed by atoms with Crippen LogP contribution in [0, 0.1) is 5.92 Å². The molecule has 228 valence electrons. The van der Waals surface area contributed by atoms with Gasteiger partial charge < -0.3 is 14.7 Å². The number of hydroxylamine groups is 1. The summed E-state index contributed by atoms with van der Waals surface area (Å²) in [7, 11) is 0. The van der Waals surface area contributed by atoms with E-state index in [2.05, 4.69) is 0 Å². The summed E-state index contributed by atoms with van der Waals surface area (Å²) in [5, 5.41) is 20.4. The van der Waals surface area contributed by atoms with Crippen LogP contribution in [-0.4, -0.2) is 40.1 Å². The van der Waals surface area contributed by atoms with E-state index >= 15 is 0 Å². The van der Waals surface area contributed by atoms with Crippen LogP contribution in [-0.2, 0) is 17.8 Å². The zero-order chi connectivity index (χ0) is 30.7. The molecule has 5 rings (SSSR count).